The standard InChI is InChI=1S/C17H24N4O3/c1-6-14(16-11(3)21-24-12(16)4)20-17(22)19-10(2)13-7-8-18-9-15(13)23-5/h7-10,14H,6H2,1-5H3,(H2,19,20,22). The number of aryl methyl sites for hydroxylation is 2. The molecule has 2 aromatic rings. The van der Waals surface area contributed by atoms with Crippen molar-refractivity contribution in [3.63, 3.8) is 0 Å². The number of nitrogens with zero attached hydrogens (tertiary/aromatic N) is 2. The maximum absolute atomic E-state index is 12.4. The van der Waals surface area contributed by atoms with Gasteiger partial charge in [-0.2, -0.15) is 0 Å². The third-order valence-corrected chi connectivity index (χ3v) is 4.00. The lowest BCUT2D eigenvalue weighted by Gasteiger charge is -2.21. The highest BCUT2D eigenvalue weighted by molar-refractivity contribution is 5.75. The Hall–Kier alpha value is -2.57. The Balaban J connectivity index is 2.06. The van der Waals surface area contributed by atoms with Crippen LogP contribution in [0.3, 0.4) is 0 Å². The number of methoxy groups -OCH3 is 1. The lowest BCUT2D eigenvalue weighted by Crippen LogP contribution is -2.39. The molecular formula is C17H24N4O3. The summed E-state index contributed by atoms with van der Waals surface area (Å²) in [5.74, 6) is 1.37. The second-order valence-corrected chi connectivity index (χ2v) is 5.66. The summed E-state index contributed by atoms with van der Waals surface area (Å²) < 4.78 is 10.5. The van der Waals surface area contributed by atoms with E-state index in [0.29, 0.717) is 5.75 Å². The van der Waals surface area contributed by atoms with Gasteiger partial charge in [0, 0.05) is 17.3 Å². The van der Waals surface area contributed by atoms with Crippen molar-refractivity contribution in [2.45, 2.75) is 46.2 Å². The van der Waals surface area contributed by atoms with Crippen molar-refractivity contribution in [3.8, 4) is 5.75 Å². The van der Waals surface area contributed by atoms with Gasteiger partial charge in [0.1, 0.15) is 11.5 Å². The van der Waals surface area contributed by atoms with E-state index in [9.17, 15) is 4.79 Å². The van der Waals surface area contributed by atoms with E-state index in [1.54, 1.807) is 19.5 Å². The molecule has 7 heteroatoms. The highest BCUT2D eigenvalue weighted by atomic mass is 16.5. The number of carbonyl (C=O) groups is 1. The highest BCUT2D eigenvalue weighted by Crippen LogP contribution is 2.25. The van der Waals surface area contributed by atoms with E-state index in [1.807, 2.05) is 33.8 Å². The molecule has 2 aromatic heterocycles. The number of hydrogen-bond acceptors (Lipinski definition) is 5. The number of carbonyl (C=O) groups excluding carboxylic acids is 1. The van der Waals surface area contributed by atoms with Crippen molar-refractivity contribution < 1.29 is 14.1 Å². The fraction of sp³-hybridized carbons (Fsp3) is 0.471. The van der Waals surface area contributed by atoms with Crippen molar-refractivity contribution in [1.29, 1.82) is 0 Å². The first kappa shape index (κ1) is 17.8. The summed E-state index contributed by atoms with van der Waals surface area (Å²) >= 11 is 0. The summed E-state index contributed by atoms with van der Waals surface area (Å²) in [5.41, 5.74) is 2.60. The van der Waals surface area contributed by atoms with Crippen LogP contribution in [0.1, 0.15) is 54.9 Å². The van der Waals surface area contributed by atoms with Crippen molar-refractivity contribution in [1.82, 2.24) is 20.8 Å². The van der Waals surface area contributed by atoms with Crippen LogP contribution < -0.4 is 15.4 Å². The first-order valence-electron chi connectivity index (χ1n) is 7.95. The van der Waals surface area contributed by atoms with Gasteiger partial charge in [0.2, 0.25) is 0 Å². The molecule has 2 N–H and O–H groups in total. The zero-order valence-electron chi connectivity index (χ0n) is 14.7. The molecule has 0 aliphatic heterocycles. The highest BCUT2D eigenvalue weighted by Gasteiger charge is 2.22. The average Bonchev–Trinajstić information content (AvgIpc) is 2.91. The molecule has 7 nitrogen and oxygen atoms in total. The van der Waals surface area contributed by atoms with Crippen LogP contribution in [0.5, 0.6) is 5.75 Å². The quantitative estimate of drug-likeness (QED) is 0.848. The minimum atomic E-state index is -0.256. The van der Waals surface area contributed by atoms with Gasteiger partial charge in [0.15, 0.2) is 0 Å². The van der Waals surface area contributed by atoms with Crippen LogP contribution in [0, 0.1) is 13.8 Å². The SMILES string of the molecule is CCC(NC(=O)NC(C)c1ccncc1OC)c1c(C)noc1C. The van der Waals surface area contributed by atoms with Crippen LogP contribution in [0.4, 0.5) is 4.79 Å². The van der Waals surface area contributed by atoms with Gasteiger partial charge in [-0.25, -0.2) is 4.79 Å². The van der Waals surface area contributed by atoms with E-state index in [2.05, 4.69) is 20.8 Å². The molecule has 0 aliphatic rings. The molecule has 24 heavy (non-hydrogen) atoms. The van der Waals surface area contributed by atoms with E-state index in [4.69, 9.17) is 9.26 Å². The molecule has 0 bridgehead atoms. The number of amides is 2. The molecule has 0 spiro atoms. The zero-order valence-corrected chi connectivity index (χ0v) is 14.7. The Morgan fingerprint density at radius 1 is 1.38 bits per heavy atom. The van der Waals surface area contributed by atoms with Crippen LogP contribution >= 0.6 is 0 Å². The molecule has 2 heterocycles. The summed E-state index contributed by atoms with van der Waals surface area (Å²) in [7, 11) is 1.58. The van der Waals surface area contributed by atoms with Crippen LogP contribution in [0.25, 0.3) is 0 Å². The molecule has 130 valence electrons. The summed E-state index contributed by atoms with van der Waals surface area (Å²) in [6.45, 7) is 7.63. The minimum absolute atomic E-state index is 0.150. The number of hydrogen-bond donors (Lipinski definition) is 2. The average molecular weight is 332 g/mol. The van der Waals surface area contributed by atoms with Gasteiger partial charge in [-0.05, 0) is 33.3 Å². The molecule has 0 fully saturated rings. The molecule has 0 saturated carbocycles. The van der Waals surface area contributed by atoms with Gasteiger partial charge >= 0.3 is 6.03 Å². The second-order valence-electron chi connectivity index (χ2n) is 5.66. The topological polar surface area (TPSA) is 89.3 Å². The lowest BCUT2D eigenvalue weighted by atomic mass is 10.0. The van der Waals surface area contributed by atoms with E-state index in [-0.39, 0.29) is 18.1 Å². The number of pyridine rings is 1. The van der Waals surface area contributed by atoms with E-state index in [1.165, 1.54) is 0 Å². The van der Waals surface area contributed by atoms with E-state index < -0.39 is 0 Å². The Labute approximate surface area is 141 Å². The molecule has 0 radical (unpaired) electrons. The lowest BCUT2D eigenvalue weighted by molar-refractivity contribution is 0.233. The monoisotopic (exact) mass is 332 g/mol. The van der Waals surface area contributed by atoms with Gasteiger partial charge < -0.3 is 19.9 Å². The Kier molecular flexibility index (Phi) is 5.78. The number of rotatable bonds is 6. The summed E-state index contributed by atoms with van der Waals surface area (Å²) in [6, 6.07) is 1.20. The first-order valence-corrected chi connectivity index (χ1v) is 7.95. The fourth-order valence-electron chi connectivity index (χ4n) is 2.76. The maximum Gasteiger partial charge on any atom is 0.315 e. The molecule has 2 rings (SSSR count). The summed E-state index contributed by atoms with van der Waals surface area (Å²) in [6.07, 6.45) is 4.04. The molecule has 2 amide bonds. The van der Waals surface area contributed by atoms with Crippen molar-refractivity contribution in [2.24, 2.45) is 0 Å². The van der Waals surface area contributed by atoms with Crippen molar-refractivity contribution in [3.05, 3.63) is 41.0 Å². The molecule has 2 unspecified atom stereocenters. The van der Waals surface area contributed by atoms with Crippen LogP contribution in [-0.2, 0) is 0 Å². The Bertz CT molecular complexity index is 679. The first-order chi connectivity index (χ1) is 11.5. The number of aromatic nitrogens is 2. The molecule has 0 saturated heterocycles. The molecule has 0 aliphatic carbocycles. The van der Waals surface area contributed by atoms with Gasteiger partial charge in [0.25, 0.3) is 0 Å². The van der Waals surface area contributed by atoms with Crippen molar-refractivity contribution in [2.75, 3.05) is 7.11 Å². The van der Waals surface area contributed by atoms with Crippen LogP contribution in [0.15, 0.2) is 23.0 Å². The van der Waals surface area contributed by atoms with Gasteiger partial charge in [0.05, 0.1) is 31.1 Å². The van der Waals surface area contributed by atoms with Crippen LogP contribution in [0.2, 0.25) is 0 Å². The van der Waals surface area contributed by atoms with E-state index >= 15 is 0 Å². The number of nitrogens with one attached hydrogen (secondary N) is 2. The Morgan fingerprint density at radius 3 is 2.71 bits per heavy atom. The van der Waals surface area contributed by atoms with Gasteiger partial charge in [-0.1, -0.05) is 12.1 Å². The van der Waals surface area contributed by atoms with Gasteiger partial charge in [-0.15, -0.1) is 0 Å². The Morgan fingerprint density at radius 2 is 2.12 bits per heavy atom. The minimum Gasteiger partial charge on any atom is -0.495 e. The third kappa shape index (κ3) is 3.84. The third-order valence-electron chi connectivity index (χ3n) is 4.00. The van der Waals surface area contributed by atoms with E-state index in [0.717, 1.165) is 29.0 Å². The normalized spacial score (nSPS) is 13.2. The summed E-state index contributed by atoms with van der Waals surface area (Å²) in [5, 5.41) is 9.86. The van der Waals surface area contributed by atoms with Crippen LogP contribution in [-0.4, -0.2) is 23.3 Å². The predicted octanol–water partition coefficient (Wildman–Crippen LogP) is 3.21. The fourth-order valence-corrected chi connectivity index (χ4v) is 2.76. The van der Waals surface area contributed by atoms with Gasteiger partial charge in [-0.3, -0.25) is 4.98 Å². The smallest absolute Gasteiger partial charge is 0.315 e. The largest absolute Gasteiger partial charge is 0.495 e. The second kappa shape index (κ2) is 7.81. The molecular weight excluding hydrogens is 308 g/mol. The zero-order chi connectivity index (χ0) is 17.7. The number of ether oxygens (including phenoxy) is 1. The number of urea groups is 1. The molecule has 2 atom stereocenters. The summed E-state index contributed by atoms with van der Waals surface area (Å²) in [4.78, 5) is 16.4. The van der Waals surface area contributed by atoms with Crippen molar-refractivity contribution >= 4 is 6.03 Å². The molecule has 0 aromatic carbocycles. The maximum atomic E-state index is 12.4. The predicted molar refractivity (Wildman–Crippen MR) is 89.9 cm³/mol.